The van der Waals surface area contributed by atoms with Crippen molar-refractivity contribution >= 4 is 28.4 Å². The molecule has 1 saturated heterocycles. The van der Waals surface area contributed by atoms with Crippen LogP contribution in [0.3, 0.4) is 0 Å². The summed E-state index contributed by atoms with van der Waals surface area (Å²) in [5.41, 5.74) is 2.80. The van der Waals surface area contributed by atoms with Crippen LogP contribution in [0.15, 0.2) is 54.9 Å². The molecule has 1 aromatic heterocycles. The van der Waals surface area contributed by atoms with Gasteiger partial charge < -0.3 is 20.5 Å². The van der Waals surface area contributed by atoms with Crippen LogP contribution in [0.25, 0.3) is 11.1 Å². The Morgan fingerprint density at radius 1 is 1.14 bits per heavy atom. The lowest BCUT2D eigenvalue weighted by molar-refractivity contribution is -0.137. The number of rotatable bonds is 5. The second-order valence-corrected chi connectivity index (χ2v) is 8.83. The number of alkyl halides is 3. The minimum Gasteiger partial charge on any atom is -0.382 e. The summed E-state index contributed by atoms with van der Waals surface area (Å²) in [6, 6.07) is 10.9. The monoisotopic (exact) mass is 481 g/mol. The second-order valence-electron chi connectivity index (χ2n) is 8.83. The van der Waals surface area contributed by atoms with Gasteiger partial charge in [0, 0.05) is 54.0 Å². The lowest BCUT2D eigenvalue weighted by Crippen LogP contribution is -2.38. The Morgan fingerprint density at radius 3 is 2.51 bits per heavy atom. The zero-order valence-corrected chi connectivity index (χ0v) is 19.2. The van der Waals surface area contributed by atoms with Gasteiger partial charge >= 0.3 is 6.18 Å². The van der Waals surface area contributed by atoms with Crippen molar-refractivity contribution in [1.29, 1.82) is 0 Å². The van der Waals surface area contributed by atoms with E-state index in [1.807, 2.05) is 18.2 Å². The Balaban J connectivity index is 1.54. The van der Waals surface area contributed by atoms with E-state index in [1.54, 1.807) is 12.4 Å². The smallest absolute Gasteiger partial charge is 0.382 e. The number of anilines is 2. The zero-order chi connectivity index (χ0) is 24.6. The van der Waals surface area contributed by atoms with E-state index in [1.165, 1.54) is 12.1 Å². The average Bonchev–Trinajstić information content (AvgIpc) is 3.48. The van der Waals surface area contributed by atoms with Crippen LogP contribution in [-0.2, 0) is 11.0 Å². The van der Waals surface area contributed by atoms with E-state index < -0.39 is 11.7 Å². The SMILES string of the molecule is CCN1CCC(Nc2ccc3c(c2)/C(=C(\c2ccc(C(F)(F)F)cc2)c2ncc[nH]2)C(=O)N3)CC1. The van der Waals surface area contributed by atoms with E-state index in [2.05, 4.69) is 32.4 Å². The lowest BCUT2D eigenvalue weighted by atomic mass is 9.93. The van der Waals surface area contributed by atoms with Crippen molar-refractivity contribution in [2.45, 2.75) is 32.0 Å². The molecule has 35 heavy (non-hydrogen) atoms. The summed E-state index contributed by atoms with van der Waals surface area (Å²) in [4.78, 5) is 22.9. The predicted molar refractivity (Wildman–Crippen MR) is 130 cm³/mol. The van der Waals surface area contributed by atoms with Gasteiger partial charge in [-0.2, -0.15) is 13.2 Å². The minimum atomic E-state index is -4.44. The Kier molecular flexibility index (Phi) is 6.10. The largest absolute Gasteiger partial charge is 0.416 e. The maximum atomic E-state index is 13.1. The number of carbonyl (C=O) groups is 1. The average molecular weight is 482 g/mol. The van der Waals surface area contributed by atoms with Gasteiger partial charge in [0.25, 0.3) is 5.91 Å². The van der Waals surface area contributed by atoms with E-state index in [4.69, 9.17) is 0 Å². The van der Waals surface area contributed by atoms with Crippen LogP contribution in [0, 0.1) is 0 Å². The van der Waals surface area contributed by atoms with Crippen molar-refractivity contribution in [2.75, 3.05) is 30.3 Å². The highest BCUT2D eigenvalue weighted by Crippen LogP contribution is 2.41. The van der Waals surface area contributed by atoms with Crippen molar-refractivity contribution < 1.29 is 18.0 Å². The normalized spacial score (nSPS) is 18.3. The van der Waals surface area contributed by atoms with E-state index in [-0.39, 0.29) is 5.91 Å². The number of carbonyl (C=O) groups excluding carboxylic acids is 1. The molecule has 3 aromatic rings. The standard InChI is InChI=1S/C26H26F3N5O/c1-2-34-13-9-18(10-14-34)32-19-7-8-21-20(15-19)23(25(35)33-21)22(24-30-11-12-31-24)16-3-5-17(6-4-16)26(27,28)29/h3-8,11-12,15,18,32H,2,9-10,13-14H2,1H3,(H,30,31)(H,33,35)/b23-22-. The molecule has 2 aliphatic rings. The van der Waals surface area contributed by atoms with Gasteiger partial charge in [-0.3, -0.25) is 4.79 Å². The number of imidazole rings is 1. The first-order valence-electron chi connectivity index (χ1n) is 11.7. The van der Waals surface area contributed by atoms with Crippen molar-refractivity contribution in [1.82, 2.24) is 14.9 Å². The number of piperidine rings is 1. The number of aromatic amines is 1. The summed E-state index contributed by atoms with van der Waals surface area (Å²) in [5.74, 6) is 0.0905. The molecule has 2 aliphatic heterocycles. The molecule has 6 nitrogen and oxygen atoms in total. The number of aromatic nitrogens is 2. The molecule has 1 amide bonds. The molecule has 3 N–H and O–H groups in total. The molecule has 5 rings (SSSR count). The van der Waals surface area contributed by atoms with Gasteiger partial charge in [-0.15, -0.1) is 0 Å². The van der Waals surface area contributed by atoms with Crippen molar-refractivity contribution in [2.24, 2.45) is 0 Å². The molecule has 0 aliphatic carbocycles. The second kappa shape index (κ2) is 9.22. The van der Waals surface area contributed by atoms with Crippen molar-refractivity contribution in [3.05, 3.63) is 77.4 Å². The number of H-pyrrole nitrogens is 1. The fraction of sp³-hybridized carbons (Fsp3) is 0.308. The van der Waals surface area contributed by atoms with Crippen LogP contribution < -0.4 is 10.6 Å². The Morgan fingerprint density at radius 2 is 1.89 bits per heavy atom. The molecule has 0 saturated carbocycles. The number of hydrogen-bond acceptors (Lipinski definition) is 4. The Hall–Kier alpha value is -3.59. The van der Waals surface area contributed by atoms with E-state index in [9.17, 15) is 18.0 Å². The maximum absolute atomic E-state index is 13.1. The van der Waals surface area contributed by atoms with Crippen LogP contribution in [0.4, 0.5) is 24.5 Å². The highest BCUT2D eigenvalue weighted by molar-refractivity contribution is 6.38. The van der Waals surface area contributed by atoms with Crippen LogP contribution in [0.5, 0.6) is 0 Å². The number of benzene rings is 2. The van der Waals surface area contributed by atoms with Gasteiger partial charge in [0.15, 0.2) is 0 Å². The molecule has 182 valence electrons. The summed E-state index contributed by atoms with van der Waals surface area (Å²) in [6.07, 6.45) is 0.798. The van der Waals surface area contributed by atoms with Gasteiger partial charge in [-0.1, -0.05) is 19.1 Å². The summed E-state index contributed by atoms with van der Waals surface area (Å²) in [7, 11) is 0. The third-order valence-corrected chi connectivity index (χ3v) is 6.66. The summed E-state index contributed by atoms with van der Waals surface area (Å²) >= 11 is 0. The summed E-state index contributed by atoms with van der Waals surface area (Å²) < 4.78 is 39.4. The first-order chi connectivity index (χ1) is 16.8. The third-order valence-electron chi connectivity index (χ3n) is 6.66. The van der Waals surface area contributed by atoms with Gasteiger partial charge in [0.1, 0.15) is 5.82 Å². The third kappa shape index (κ3) is 4.68. The summed E-state index contributed by atoms with van der Waals surface area (Å²) in [6.45, 7) is 5.30. The predicted octanol–water partition coefficient (Wildman–Crippen LogP) is 5.24. The van der Waals surface area contributed by atoms with Gasteiger partial charge in [0.2, 0.25) is 0 Å². The van der Waals surface area contributed by atoms with Gasteiger partial charge in [0.05, 0.1) is 11.1 Å². The molecule has 0 atom stereocenters. The lowest BCUT2D eigenvalue weighted by Gasteiger charge is -2.32. The van der Waals surface area contributed by atoms with E-state index in [0.29, 0.717) is 39.8 Å². The number of nitrogens with one attached hydrogen (secondary N) is 3. The molecular weight excluding hydrogens is 455 g/mol. The maximum Gasteiger partial charge on any atom is 0.416 e. The first kappa shape index (κ1) is 23.2. The molecule has 1 fully saturated rings. The molecular formula is C26H26F3N5O. The fourth-order valence-electron chi connectivity index (χ4n) is 4.76. The van der Waals surface area contributed by atoms with Crippen LogP contribution in [0.1, 0.15) is 42.3 Å². The topological polar surface area (TPSA) is 73.0 Å². The van der Waals surface area contributed by atoms with E-state index >= 15 is 0 Å². The van der Waals surface area contributed by atoms with E-state index in [0.717, 1.165) is 50.3 Å². The quantitative estimate of drug-likeness (QED) is 0.436. The number of nitrogens with zero attached hydrogens (tertiary/aromatic N) is 2. The van der Waals surface area contributed by atoms with Crippen LogP contribution in [-0.4, -0.2) is 46.5 Å². The Bertz CT molecular complexity index is 1240. The number of amides is 1. The van der Waals surface area contributed by atoms with Gasteiger partial charge in [-0.05, 0) is 55.3 Å². The van der Waals surface area contributed by atoms with Gasteiger partial charge in [-0.25, -0.2) is 4.98 Å². The Labute approximate surface area is 201 Å². The van der Waals surface area contributed by atoms with Crippen LogP contribution in [0.2, 0.25) is 0 Å². The number of fused-ring (bicyclic) bond motifs is 1. The number of likely N-dealkylation sites (tertiary alicyclic amines) is 1. The molecule has 2 aromatic carbocycles. The van der Waals surface area contributed by atoms with Crippen molar-refractivity contribution in [3.63, 3.8) is 0 Å². The highest BCUT2D eigenvalue weighted by Gasteiger charge is 2.32. The first-order valence-corrected chi connectivity index (χ1v) is 11.7. The zero-order valence-electron chi connectivity index (χ0n) is 19.2. The highest BCUT2D eigenvalue weighted by atomic mass is 19.4. The number of hydrogen-bond donors (Lipinski definition) is 3. The van der Waals surface area contributed by atoms with Crippen molar-refractivity contribution in [3.8, 4) is 0 Å². The number of halogens is 3. The molecule has 3 heterocycles. The summed E-state index contributed by atoms with van der Waals surface area (Å²) in [5, 5.41) is 6.48. The fourth-order valence-corrected chi connectivity index (χ4v) is 4.76. The molecule has 0 unspecified atom stereocenters. The van der Waals surface area contributed by atoms with Crippen LogP contribution >= 0.6 is 0 Å². The molecule has 0 bridgehead atoms. The molecule has 0 radical (unpaired) electrons. The minimum absolute atomic E-state index is 0.320. The molecule has 9 heteroatoms. The molecule has 0 spiro atoms.